The fraction of sp³-hybridized carbons (Fsp3) is 0.250. The Labute approximate surface area is 108 Å². The highest BCUT2D eigenvalue weighted by Gasteiger charge is 2.11. The normalized spacial score (nSPS) is 9.63. The van der Waals surface area contributed by atoms with Crippen LogP contribution in [0.4, 0.5) is 4.39 Å². The molecule has 6 nitrogen and oxygen atoms in total. The predicted octanol–water partition coefficient (Wildman–Crippen LogP) is 0.458. The molecule has 0 saturated heterocycles. The number of hydrogen-bond donors (Lipinski definition) is 2. The van der Waals surface area contributed by atoms with E-state index in [9.17, 15) is 18.8 Å². The first-order valence-electron chi connectivity index (χ1n) is 5.39. The Morgan fingerprint density at radius 1 is 1.26 bits per heavy atom. The first-order chi connectivity index (χ1) is 8.90. The van der Waals surface area contributed by atoms with Crippen LogP contribution in [0.5, 0.6) is 0 Å². The second-order valence-corrected chi connectivity index (χ2v) is 3.77. The summed E-state index contributed by atoms with van der Waals surface area (Å²) in [6.45, 7) is 2.20. The van der Waals surface area contributed by atoms with Crippen molar-refractivity contribution in [2.75, 3.05) is 6.61 Å². The number of halogens is 1. The third-order valence-corrected chi connectivity index (χ3v) is 2.12. The molecule has 102 valence electrons. The van der Waals surface area contributed by atoms with Gasteiger partial charge < -0.3 is 4.74 Å². The van der Waals surface area contributed by atoms with E-state index in [2.05, 4.69) is 4.74 Å². The molecule has 0 fully saturated rings. The Hall–Kier alpha value is -2.44. The summed E-state index contributed by atoms with van der Waals surface area (Å²) in [7, 11) is 0. The fourth-order valence-electron chi connectivity index (χ4n) is 1.13. The second-order valence-electron chi connectivity index (χ2n) is 3.77. The van der Waals surface area contributed by atoms with Gasteiger partial charge in [-0.05, 0) is 24.6 Å². The van der Waals surface area contributed by atoms with Crippen molar-refractivity contribution >= 4 is 17.8 Å². The summed E-state index contributed by atoms with van der Waals surface area (Å²) < 4.78 is 17.9. The molecule has 1 aromatic rings. The summed E-state index contributed by atoms with van der Waals surface area (Å²) >= 11 is 0. The van der Waals surface area contributed by atoms with E-state index in [0.717, 1.165) is 6.07 Å². The number of aryl methyl sites for hydroxylation is 1. The maximum atomic E-state index is 13.2. The Kier molecular flexibility index (Phi) is 4.99. The fourth-order valence-corrected chi connectivity index (χ4v) is 1.13. The number of hydrogen-bond acceptors (Lipinski definition) is 4. The van der Waals surface area contributed by atoms with Crippen LogP contribution in [0.15, 0.2) is 18.2 Å². The topological polar surface area (TPSA) is 84.5 Å². The molecule has 0 heterocycles. The summed E-state index contributed by atoms with van der Waals surface area (Å²) in [6, 6.07) is 3.86. The molecule has 0 aliphatic carbocycles. The molecule has 0 aliphatic rings. The summed E-state index contributed by atoms with van der Waals surface area (Å²) in [5.41, 5.74) is 4.47. The smallest absolute Gasteiger partial charge is 0.338 e. The molecule has 1 aromatic carbocycles. The zero-order valence-corrected chi connectivity index (χ0v) is 10.5. The van der Waals surface area contributed by atoms with Gasteiger partial charge in [-0.15, -0.1) is 0 Å². The van der Waals surface area contributed by atoms with Gasteiger partial charge >= 0.3 is 5.97 Å². The van der Waals surface area contributed by atoms with E-state index in [1.807, 2.05) is 10.9 Å². The molecule has 0 aromatic heterocycles. The van der Waals surface area contributed by atoms with Gasteiger partial charge in [-0.25, -0.2) is 9.18 Å². The van der Waals surface area contributed by atoms with Gasteiger partial charge in [-0.2, -0.15) is 0 Å². The monoisotopic (exact) mass is 268 g/mol. The third-order valence-electron chi connectivity index (χ3n) is 2.12. The van der Waals surface area contributed by atoms with Crippen LogP contribution in [-0.4, -0.2) is 24.4 Å². The van der Waals surface area contributed by atoms with Crippen molar-refractivity contribution in [3.63, 3.8) is 0 Å². The van der Waals surface area contributed by atoms with Gasteiger partial charge in [-0.3, -0.25) is 20.4 Å². The zero-order valence-electron chi connectivity index (χ0n) is 10.5. The molecule has 0 spiro atoms. The largest absolute Gasteiger partial charge is 0.452 e. The minimum atomic E-state index is -0.822. The lowest BCUT2D eigenvalue weighted by Gasteiger charge is -2.07. The minimum absolute atomic E-state index is 0.00965. The second kappa shape index (κ2) is 6.48. The highest BCUT2D eigenvalue weighted by atomic mass is 19.1. The van der Waals surface area contributed by atoms with Crippen LogP contribution in [-0.2, 0) is 14.3 Å². The molecule has 0 unspecified atom stereocenters. The van der Waals surface area contributed by atoms with Gasteiger partial charge in [0.1, 0.15) is 5.82 Å². The van der Waals surface area contributed by atoms with E-state index in [-0.39, 0.29) is 5.56 Å². The van der Waals surface area contributed by atoms with Crippen LogP contribution in [0, 0.1) is 12.7 Å². The number of hydrazine groups is 1. The summed E-state index contributed by atoms with van der Waals surface area (Å²) in [5.74, 6) is -2.51. The molecule has 2 N–H and O–H groups in total. The Morgan fingerprint density at radius 2 is 1.95 bits per heavy atom. The Morgan fingerprint density at radius 3 is 2.53 bits per heavy atom. The number of carbonyl (C=O) groups excluding carboxylic acids is 3. The summed E-state index contributed by atoms with van der Waals surface area (Å²) in [5, 5.41) is 0. The van der Waals surface area contributed by atoms with Gasteiger partial charge in [0.15, 0.2) is 6.61 Å². The highest BCUT2D eigenvalue weighted by Crippen LogP contribution is 2.10. The number of esters is 1. The molecule has 2 amide bonds. The highest BCUT2D eigenvalue weighted by molar-refractivity contribution is 5.91. The SMILES string of the molecule is CC(=O)NNC(=O)COC(=O)c1ccc(C)c(F)c1. The average molecular weight is 268 g/mol. The van der Waals surface area contributed by atoms with Crippen molar-refractivity contribution in [3.8, 4) is 0 Å². The van der Waals surface area contributed by atoms with Crippen molar-refractivity contribution in [1.82, 2.24) is 10.9 Å². The Balaban J connectivity index is 2.49. The maximum Gasteiger partial charge on any atom is 0.338 e. The summed E-state index contributed by atoms with van der Waals surface area (Å²) in [4.78, 5) is 33.1. The van der Waals surface area contributed by atoms with E-state index in [1.54, 1.807) is 6.92 Å². The van der Waals surface area contributed by atoms with E-state index in [4.69, 9.17) is 0 Å². The third kappa shape index (κ3) is 4.74. The molecule has 0 atom stereocenters. The molecule has 1 rings (SSSR count). The number of ether oxygens (including phenoxy) is 1. The molecule has 0 saturated carbocycles. The lowest BCUT2D eigenvalue weighted by Crippen LogP contribution is -2.42. The van der Waals surface area contributed by atoms with Gasteiger partial charge in [0.05, 0.1) is 5.56 Å². The molecular weight excluding hydrogens is 255 g/mol. The van der Waals surface area contributed by atoms with Crippen molar-refractivity contribution in [1.29, 1.82) is 0 Å². The lowest BCUT2D eigenvalue weighted by atomic mass is 10.1. The van der Waals surface area contributed by atoms with Gasteiger partial charge in [0.25, 0.3) is 5.91 Å². The van der Waals surface area contributed by atoms with E-state index < -0.39 is 30.2 Å². The van der Waals surface area contributed by atoms with Crippen LogP contribution in [0.3, 0.4) is 0 Å². The number of rotatable bonds is 3. The van der Waals surface area contributed by atoms with Crippen molar-refractivity contribution in [2.24, 2.45) is 0 Å². The van der Waals surface area contributed by atoms with Gasteiger partial charge in [-0.1, -0.05) is 6.07 Å². The predicted molar refractivity (Wildman–Crippen MR) is 63.4 cm³/mol. The molecule has 7 heteroatoms. The van der Waals surface area contributed by atoms with Crippen LogP contribution in [0.1, 0.15) is 22.8 Å². The van der Waals surface area contributed by atoms with E-state index in [1.165, 1.54) is 19.1 Å². The first-order valence-corrected chi connectivity index (χ1v) is 5.39. The van der Waals surface area contributed by atoms with E-state index in [0.29, 0.717) is 5.56 Å². The van der Waals surface area contributed by atoms with Crippen LogP contribution >= 0.6 is 0 Å². The zero-order chi connectivity index (χ0) is 14.4. The number of benzene rings is 1. The molecular formula is C12H13FN2O4. The van der Waals surface area contributed by atoms with Crippen LogP contribution in [0.2, 0.25) is 0 Å². The standard InChI is InChI=1S/C12H13FN2O4/c1-7-3-4-9(5-10(7)13)12(18)19-6-11(17)15-14-8(2)16/h3-5H,6H2,1-2H3,(H,14,16)(H,15,17). The van der Waals surface area contributed by atoms with E-state index >= 15 is 0 Å². The van der Waals surface area contributed by atoms with Gasteiger partial charge in [0, 0.05) is 6.92 Å². The number of nitrogens with one attached hydrogen (secondary N) is 2. The van der Waals surface area contributed by atoms with Crippen molar-refractivity contribution in [2.45, 2.75) is 13.8 Å². The van der Waals surface area contributed by atoms with Crippen LogP contribution < -0.4 is 10.9 Å². The molecule has 0 bridgehead atoms. The quantitative estimate of drug-likeness (QED) is 0.616. The van der Waals surface area contributed by atoms with Crippen LogP contribution in [0.25, 0.3) is 0 Å². The lowest BCUT2D eigenvalue weighted by molar-refractivity contribution is -0.129. The number of amides is 2. The molecule has 19 heavy (non-hydrogen) atoms. The molecule has 0 aliphatic heterocycles. The van der Waals surface area contributed by atoms with Crippen molar-refractivity contribution in [3.05, 3.63) is 35.1 Å². The minimum Gasteiger partial charge on any atom is -0.452 e. The summed E-state index contributed by atoms with van der Waals surface area (Å²) in [6.07, 6.45) is 0. The average Bonchev–Trinajstić information content (AvgIpc) is 2.36. The number of carbonyl (C=O) groups is 3. The maximum absolute atomic E-state index is 13.2. The molecule has 0 radical (unpaired) electrons. The Bertz CT molecular complexity index is 516. The van der Waals surface area contributed by atoms with Gasteiger partial charge in [0.2, 0.25) is 5.91 Å². The van der Waals surface area contributed by atoms with Crippen molar-refractivity contribution < 1.29 is 23.5 Å². The first kappa shape index (κ1) is 14.6.